The molecule has 0 bridgehead atoms. The molecule has 1 aliphatic heterocycles. The summed E-state index contributed by atoms with van der Waals surface area (Å²) in [7, 11) is -2.85. The van der Waals surface area contributed by atoms with Crippen LogP contribution in [0.5, 0.6) is 0 Å². The van der Waals surface area contributed by atoms with Gasteiger partial charge in [0.05, 0.1) is 11.5 Å². The van der Waals surface area contributed by atoms with Crippen LogP contribution in [0.15, 0.2) is 0 Å². The third-order valence-electron chi connectivity index (χ3n) is 8.59. The number of hydrogen-bond acceptors (Lipinski definition) is 5. The molecule has 0 saturated carbocycles. The first-order chi connectivity index (χ1) is 19.5. The Morgan fingerprint density at radius 3 is 1.23 bits per heavy atom. The molecule has 0 atom stereocenters. The minimum atomic E-state index is -2.85. The zero-order valence-corrected chi connectivity index (χ0v) is 27.4. The van der Waals surface area contributed by atoms with Crippen molar-refractivity contribution in [2.24, 2.45) is 0 Å². The molecule has 1 aliphatic rings. The monoisotopic (exact) mass is 585 g/mol. The Labute approximate surface area is 249 Å². The summed E-state index contributed by atoms with van der Waals surface area (Å²) in [5.41, 5.74) is 0. The molecule has 1 saturated heterocycles. The van der Waals surface area contributed by atoms with E-state index in [0.717, 1.165) is 12.8 Å². The van der Waals surface area contributed by atoms with Crippen molar-refractivity contribution < 1.29 is 17.9 Å². The smallest absolute Gasteiger partial charge is 0.305 e. The lowest BCUT2D eigenvalue weighted by molar-refractivity contribution is -0.144. The number of hydrogen-bond donors (Lipinski definition) is 0. The van der Waals surface area contributed by atoms with Crippen molar-refractivity contribution in [3.8, 4) is 0 Å². The first-order valence-corrected chi connectivity index (χ1v) is 19.4. The van der Waals surface area contributed by atoms with Gasteiger partial charge < -0.3 is 4.74 Å². The number of nitrogens with zero attached hydrogens (tertiary/aromatic N) is 1. The van der Waals surface area contributed by atoms with Crippen molar-refractivity contribution >= 4 is 15.8 Å². The van der Waals surface area contributed by atoms with Gasteiger partial charge in [0.2, 0.25) is 0 Å². The van der Waals surface area contributed by atoms with Crippen molar-refractivity contribution in [2.45, 2.75) is 174 Å². The Balaban J connectivity index is 1.69. The topological polar surface area (TPSA) is 63.7 Å². The van der Waals surface area contributed by atoms with Crippen LogP contribution >= 0.6 is 0 Å². The van der Waals surface area contributed by atoms with Crippen LogP contribution in [0.25, 0.3) is 0 Å². The molecular weight excluding hydrogens is 518 g/mol. The van der Waals surface area contributed by atoms with E-state index in [2.05, 4.69) is 11.8 Å². The third kappa shape index (κ3) is 25.1. The molecule has 0 aromatic heterocycles. The summed E-state index contributed by atoms with van der Waals surface area (Å²) in [6, 6.07) is 0. The minimum absolute atomic E-state index is 0.112. The highest BCUT2D eigenvalue weighted by atomic mass is 32.2. The molecule has 0 radical (unpaired) electrons. The van der Waals surface area contributed by atoms with Crippen molar-refractivity contribution in [1.82, 2.24) is 4.90 Å². The molecular formula is C34H67NO4S. The van der Waals surface area contributed by atoms with Crippen molar-refractivity contribution in [3.05, 3.63) is 0 Å². The fourth-order valence-electron chi connectivity index (χ4n) is 5.74. The number of carbonyl (C=O) groups is 1. The summed E-state index contributed by atoms with van der Waals surface area (Å²) in [6.45, 7) is 4.42. The van der Waals surface area contributed by atoms with Crippen LogP contribution in [0.3, 0.4) is 0 Å². The predicted octanol–water partition coefficient (Wildman–Crippen LogP) is 9.42. The zero-order chi connectivity index (χ0) is 29.0. The first-order valence-electron chi connectivity index (χ1n) is 17.6. The fourth-order valence-corrected chi connectivity index (χ4v) is 7.02. The maximum Gasteiger partial charge on any atom is 0.305 e. The molecule has 0 spiro atoms. The lowest BCUT2D eigenvalue weighted by Crippen LogP contribution is -2.41. The Bertz CT molecular complexity index is 653. The number of ether oxygens (including phenoxy) is 1. The van der Waals surface area contributed by atoms with Crippen LogP contribution in [-0.2, 0) is 19.4 Å². The van der Waals surface area contributed by atoms with Crippen LogP contribution in [0, 0.1) is 0 Å². The van der Waals surface area contributed by atoms with Crippen molar-refractivity contribution in [3.63, 3.8) is 0 Å². The second kappa shape index (κ2) is 27.2. The van der Waals surface area contributed by atoms with Gasteiger partial charge in [-0.05, 0) is 6.42 Å². The van der Waals surface area contributed by atoms with E-state index < -0.39 is 9.84 Å². The van der Waals surface area contributed by atoms with Gasteiger partial charge in [0.25, 0.3) is 0 Å². The number of unbranched alkanes of at least 4 members (excludes halogenated alkanes) is 24. The van der Waals surface area contributed by atoms with E-state index in [1.54, 1.807) is 0 Å². The third-order valence-corrected chi connectivity index (χ3v) is 10.2. The van der Waals surface area contributed by atoms with Crippen LogP contribution in [0.4, 0.5) is 0 Å². The SMILES string of the molecule is CCCCCCCCCCCCCCCCCCCCCCCCCCCC(=O)OCCN1CCS(=O)(=O)CC1. The highest BCUT2D eigenvalue weighted by molar-refractivity contribution is 7.91. The summed E-state index contributed by atoms with van der Waals surface area (Å²) in [4.78, 5) is 13.9. The minimum Gasteiger partial charge on any atom is -0.464 e. The largest absolute Gasteiger partial charge is 0.464 e. The Hall–Kier alpha value is -0.620. The standard InChI is InChI=1S/C34H67NO4S/c1-2-3-4-5-6-7-8-9-10-11-12-13-14-15-16-17-18-19-20-21-22-23-24-25-26-27-34(36)39-31-28-35-29-32-40(37,38)33-30-35/h2-33H2,1H3. The van der Waals surface area contributed by atoms with Gasteiger partial charge in [-0.15, -0.1) is 0 Å². The molecule has 5 nitrogen and oxygen atoms in total. The molecule has 0 amide bonds. The summed E-state index contributed by atoms with van der Waals surface area (Å²) >= 11 is 0. The highest BCUT2D eigenvalue weighted by Gasteiger charge is 2.21. The quantitative estimate of drug-likeness (QED) is 0.0646. The fraction of sp³-hybridized carbons (Fsp3) is 0.971. The van der Waals surface area contributed by atoms with E-state index in [-0.39, 0.29) is 17.5 Å². The van der Waals surface area contributed by atoms with Crippen LogP contribution in [0.1, 0.15) is 174 Å². The maximum absolute atomic E-state index is 11.9. The Morgan fingerprint density at radius 2 is 0.875 bits per heavy atom. The van der Waals surface area contributed by atoms with Crippen LogP contribution in [-0.4, -0.2) is 57.0 Å². The van der Waals surface area contributed by atoms with Gasteiger partial charge in [-0.3, -0.25) is 9.69 Å². The lowest BCUT2D eigenvalue weighted by Gasteiger charge is -2.26. The Morgan fingerprint density at radius 1 is 0.550 bits per heavy atom. The van der Waals surface area contributed by atoms with Gasteiger partial charge in [0.15, 0.2) is 9.84 Å². The van der Waals surface area contributed by atoms with Gasteiger partial charge in [-0.25, -0.2) is 8.42 Å². The normalized spacial score (nSPS) is 15.4. The maximum atomic E-state index is 11.9. The number of rotatable bonds is 29. The number of carbonyl (C=O) groups excluding carboxylic acids is 1. The van der Waals surface area contributed by atoms with Crippen LogP contribution in [0.2, 0.25) is 0 Å². The Kier molecular flexibility index (Phi) is 25.5. The van der Waals surface area contributed by atoms with E-state index >= 15 is 0 Å². The lowest BCUT2D eigenvalue weighted by atomic mass is 10.0. The van der Waals surface area contributed by atoms with E-state index in [0.29, 0.717) is 32.7 Å². The predicted molar refractivity (Wildman–Crippen MR) is 172 cm³/mol. The van der Waals surface area contributed by atoms with Gasteiger partial charge in [0.1, 0.15) is 6.61 Å². The molecule has 0 N–H and O–H groups in total. The second-order valence-electron chi connectivity index (χ2n) is 12.4. The van der Waals surface area contributed by atoms with Gasteiger partial charge in [0, 0.05) is 26.1 Å². The molecule has 6 heteroatoms. The number of sulfone groups is 1. The second-order valence-corrected chi connectivity index (χ2v) is 14.8. The average Bonchev–Trinajstić information content (AvgIpc) is 2.94. The van der Waals surface area contributed by atoms with Crippen LogP contribution < -0.4 is 0 Å². The highest BCUT2D eigenvalue weighted by Crippen LogP contribution is 2.16. The number of esters is 1. The zero-order valence-electron chi connectivity index (χ0n) is 26.6. The molecule has 0 aliphatic carbocycles. The molecule has 0 unspecified atom stereocenters. The van der Waals surface area contributed by atoms with Crippen molar-refractivity contribution in [2.75, 3.05) is 37.7 Å². The van der Waals surface area contributed by atoms with E-state index in [1.165, 1.54) is 148 Å². The van der Waals surface area contributed by atoms with Gasteiger partial charge >= 0.3 is 5.97 Å². The first kappa shape index (κ1) is 37.4. The van der Waals surface area contributed by atoms with E-state index in [9.17, 15) is 13.2 Å². The van der Waals surface area contributed by atoms with E-state index in [4.69, 9.17) is 4.74 Å². The molecule has 238 valence electrons. The summed E-state index contributed by atoms with van der Waals surface area (Å²) in [6.07, 6.45) is 35.0. The summed E-state index contributed by atoms with van der Waals surface area (Å²) in [5, 5.41) is 0. The van der Waals surface area contributed by atoms with Gasteiger partial charge in [-0.2, -0.15) is 0 Å². The molecule has 1 fully saturated rings. The summed E-state index contributed by atoms with van der Waals surface area (Å²) in [5.74, 6) is 0.333. The average molecular weight is 586 g/mol. The molecule has 0 aromatic rings. The van der Waals surface area contributed by atoms with Crippen molar-refractivity contribution in [1.29, 1.82) is 0 Å². The van der Waals surface area contributed by atoms with E-state index in [1.807, 2.05) is 0 Å². The molecule has 1 heterocycles. The summed E-state index contributed by atoms with van der Waals surface area (Å²) < 4.78 is 28.2. The van der Waals surface area contributed by atoms with Gasteiger partial charge in [-0.1, -0.05) is 161 Å². The molecule has 40 heavy (non-hydrogen) atoms. The molecule has 0 aromatic carbocycles. The molecule has 1 rings (SSSR count).